The predicted octanol–water partition coefficient (Wildman–Crippen LogP) is 21.3. The molecule has 11 aromatic carbocycles. The zero-order chi connectivity index (χ0) is 53.1. The Morgan fingerprint density at radius 1 is 0.303 bits per heavy atom. The number of fused-ring (bicyclic) bond motifs is 3. The van der Waals surface area contributed by atoms with E-state index in [4.69, 9.17) is 0 Å². The lowest BCUT2D eigenvalue weighted by Crippen LogP contribution is -2.17. The Kier molecular flexibility index (Phi) is 11.5. The Morgan fingerprint density at radius 2 is 0.789 bits per heavy atom. The van der Waals surface area contributed by atoms with Gasteiger partial charge in [-0.2, -0.15) is 0 Å². The summed E-state index contributed by atoms with van der Waals surface area (Å²) >= 11 is 0. The fourth-order valence-corrected chi connectivity index (χ4v) is 11.6. The van der Waals surface area contributed by atoms with E-state index < -0.39 is 0 Å². The molecular weight excluding hydrogens is 917 g/mol. The van der Waals surface area contributed by atoms with Crippen LogP contribution in [0.2, 0.25) is 0 Å². The highest BCUT2D eigenvalue weighted by Gasteiger charge is 2.27. The van der Waals surface area contributed by atoms with Gasteiger partial charge in [0.15, 0.2) is 0 Å². The molecule has 0 unspecified atom stereocenters. The molecule has 0 aliphatic rings. The Morgan fingerprint density at radius 3 is 1.42 bits per heavy atom. The summed E-state index contributed by atoms with van der Waals surface area (Å²) in [5.41, 5.74) is 19.7. The number of benzene rings is 11. The van der Waals surface area contributed by atoms with E-state index in [1.165, 1.54) is 115 Å². The molecule has 0 N–H and O–H groups in total. The van der Waals surface area contributed by atoms with Crippen LogP contribution in [0, 0.1) is 0 Å². The van der Waals surface area contributed by atoms with Gasteiger partial charge in [-0.15, -0.1) is 0 Å². The van der Waals surface area contributed by atoms with E-state index in [0.717, 1.165) is 17.1 Å². The highest BCUT2D eigenvalue weighted by Crippen LogP contribution is 2.49. The van der Waals surface area contributed by atoms with Gasteiger partial charge in [0.2, 0.25) is 0 Å². The normalized spacial score (nSPS) is 12.7. The Bertz CT molecular complexity index is 4110. The molecule has 0 saturated heterocycles. The SMILES string of the molecule is CC(C)(C)c1cc(-c2ccc(N(c3ccccc3-c3cc(C(C)(C)C)cc(C(C)(C)C)c3)c3ccc4ccc5c(-n6c7ccccc7c7cc(-c8ccccc8)ccc76)ccc6ccc3c4c65)cc2)cc(C(C)(C)C)c1. The van der Waals surface area contributed by atoms with Crippen molar-refractivity contribution in [2.75, 3.05) is 4.90 Å². The Hall–Kier alpha value is -7.94. The minimum Gasteiger partial charge on any atom is -0.309 e. The molecule has 0 aliphatic carbocycles. The molecule has 0 aliphatic heterocycles. The molecule has 0 amide bonds. The average molecular weight is 987 g/mol. The van der Waals surface area contributed by atoms with E-state index in [9.17, 15) is 0 Å². The maximum Gasteiger partial charge on any atom is 0.0541 e. The Labute approximate surface area is 450 Å². The molecule has 0 bridgehead atoms. The topological polar surface area (TPSA) is 8.17 Å². The molecule has 2 heteroatoms. The van der Waals surface area contributed by atoms with Crippen LogP contribution in [-0.4, -0.2) is 4.57 Å². The van der Waals surface area contributed by atoms with Crippen molar-refractivity contribution in [3.63, 3.8) is 0 Å². The summed E-state index contributed by atoms with van der Waals surface area (Å²) in [6, 6.07) is 78.4. The summed E-state index contributed by atoms with van der Waals surface area (Å²) in [7, 11) is 0. The van der Waals surface area contributed by atoms with Gasteiger partial charge in [0.05, 0.1) is 28.1 Å². The van der Waals surface area contributed by atoms with Crippen LogP contribution in [0.5, 0.6) is 0 Å². The minimum atomic E-state index is -0.0348. The molecule has 0 spiro atoms. The molecule has 376 valence electrons. The van der Waals surface area contributed by atoms with Crippen LogP contribution in [-0.2, 0) is 21.7 Å². The lowest BCUT2D eigenvalue weighted by atomic mass is 9.78. The first-order valence-electron chi connectivity index (χ1n) is 27.3. The minimum absolute atomic E-state index is 0.0133. The van der Waals surface area contributed by atoms with Crippen molar-refractivity contribution in [2.24, 2.45) is 0 Å². The van der Waals surface area contributed by atoms with Gasteiger partial charge in [0, 0.05) is 32.8 Å². The van der Waals surface area contributed by atoms with Gasteiger partial charge in [0.1, 0.15) is 0 Å². The summed E-state index contributed by atoms with van der Waals surface area (Å²) in [5.74, 6) is 0. The number of anilines is 3. The lowest BCUT2D eigenvalue weighted by molar-refractivity contribution is 0.568. The average Bonchev–Trinajstić information content (AvgIpc) is 3.89. The molecule has 76 heavy (non-hydrogen) atoms. The molecular formula is C74H70N2. The van der Waals surface area contributed by atoms with Gasteiger partial charge >= 0.3 is 0 Å². The van der Waals surface area contributed by atoms with Gasteiger partial charge in [-0.25, -0.2) is 0 Å². The largest absolute Gasteiger partial charge is 0.309 e. The summed E-state index contributed by atoms with van der Waals surface area (Å²) in [5, 5.41) is 9.98. The second-order valence-corrected chi connectivity index (χ2v) is 25.5. The first-order chi connectivity index (χ1) is 36.2. The van der Waals surface area contributed by atoms with Crippen molar-refractivity contribution in [1.82, 2.24) is 4.57 Å². The molecule has 12 aromatic rings. The molecule has 2 nitrogen and oxygen atoms in total. The van der Waals surface area contributed by atoms with Crippen LogP contribution in [0.4, 0.5) is 17.1 Å². The first-order valence-corrected chi connectivity index (χ1v) is 27.3. The third-order valence-electron chi connectivity index (χ3n) is 16.1. The third-order valence-corrected chi connectivity index (χ3v) is 16.1. The third kappa shape index (κ3) is 8.53. The smallest absolute Gasteiger partial charge is 0.0541 e. The molecule has 12 rings (SSSR count). The molecule has 0 atom stereocenters. The number of hydrogen-bond acceptors (Lipinski definition) is 1. The van der Waals surface area contributed by atoms with Crippen molar-refractivity contribution in [1.29, 1.82) is 0 Å². The molecule has 1 aromatic heterocycles. The van der Waals surface area contributed by atoms with Crippen LogP contribution in [0.1, 0.15) is 105 Å². The standard InChI is InChI=1S/C74H70N2/c1-71(2,3)54-40-52(41-55(45-54)72(4,5)6)48-26-33-58(34-27-48)75(64-24-18-16-22-59(64)53-42-56(73(7,8)9)46-57(43-53)74(10,11)12)66-37-30-49-29-36-62-67(38-31-50-28-35-61(66)69(49)70(50)62)76-65-25-19-17-23-60(65)63-44-51(32-39-68(63)76)47-20-14-13-15-21-47/h13-46H,1-12H3. The predicted molar refractivity (Wildman–Crippen MR) is 330 cm³/mol. The second-order valence-electron chi connectivity index (χ2n) is 25.5. The van der Waals surface area contributed by atoms with Gasteiger partial charge in [-0.05, 0) is 142 Å². The van der Waals surface area contributed by atoms with E-state index in [0.29, 0.717) is 0 Å². The number of rotatable bonds is 7. The lowest BCUT2D eigenvalue weighted by Gasteiger charge is -2.31. The van der Waals surface area contributed by atoms with E-state index in [-0.39, 0.29) is 21.7 Å². The summed E-state index contributed by atoms with van der Waals surface area (Å²) in [6.45, 7) is 27.9. The van der Waals surface area contributed by atoms with Crippen molar-refractivity contribution in [3.05, 3.63) is 229 Å². The van der Waals surface area contributed by atoms with Gasteiger partial charge in [-0.3, -0.25) is 0 Å². The fraction of sp³-hybridized carbons (Fsp3) is 0.216. The van der Waals surface area contributed by atoms with Crippen LogP contribution >= 0.6 is 0 Å². The van der Waals surface area contributed by atoms with Crippen molar-refractivity contribution in [2.45, 2.75) is 105 Å². The van der Waals surface area contributed by atoms with Crippen LogP contribution in [0.25, 0.3) is 93.2 Å². The van der Waals surface area contributed by atoms with Crippen molar-refractivity contribution < 1.29 is 0 Å². The van der Waals surface area contributed by atoms with Crippen LogP contribution in [0.3, 0.4) is 0 Å². The maximum atomic E-state index is 2.54. The van der Waals surface area contributed by atoms with E-state index >= 15 is 0 Å². The zero-order valence-electron chi connectivity index (χ0n) is 46.5. The summed E-state index contributed by atoms with van der Waals surface area (Å²) in [6.07, 6.45) is 0. The second kappa shape index (κ2) is 17.8. The molecule has 0 radical (unpaired) electrons. The highest BCUT2D eigenvalue weighted by molar-refractivity contribution is 6.27. The molecule has 1 heterocycles. The quantitative estimate of drug-likeness (QED) is 0.145. The van der Waals surface area contributed by atoms with Crippen LogP contribution in [0.15, 0.2) is 206 Å². The summed E-state index contributed by atoms with van der Waals surface area (Å²) in [4.78, 5) is 2.54. The fourth-order valence-electron chi connectivity index (χ4n) is 11.6. The molecule has 0 fully saturated rings. The van der Waals surface area contributed by atoms with E-state index in [1.807, 2.05) is 0 Å². The maximum absolute atomic E-state index is 2.54. The monoisotopic (exact) mass is 987 g/mol. The van der Waals surface area contributed by atoms with Gasteiger partial charge < -0.3 is 9.47 Å². The van der Waals surface area contributed by atoms with Gasteiger partial charge in [0.25, 0.3) is 0 Å². The van der Waals surface area contributed by atoms with Crippen LogP contribution < -0.4 is 4.90 Å². The van der Waals surface area contributed by atoms with E-state index in [2.05, 4.69) is 299 Å². The first kappa shape index (κ1) is 49.0. The number of para-hydroxylation sites is 2. The number of hydrogen-bond donors (Lipinski definition) is 0. The van der Waals surface area contributed by atoms with Gasteiger partial charge in [-0.1, -0.05) is 241 Å². The number of nitrogens with zero attached hydrogens (tertiary/aromatic N) is 2. The summed E-state index contributed by atoms with van der Waals surface area (Å²) < 4.78 is 2.50. The molecule has 0 saturated carbocycles. The number of aromatic nitrogens is 1. The highest BCUT2D eigenvalue weighted by atomic mass is 15.1. The van der Waals surface area contributed by atoms with Crippen molar-refractivity contribution in [3.8, 4) is 39.1 Å². The van der Waals surface area contributed by atoms with E-state index in [1.54, 1.807) is 0 Å². The Balaban J connectivity index is 1.09. The zero-order valence-corrected chi connectivity index (χ0v) is 46.5. The van der Waals surface area contributed by atoms with Crippen molar-refractivity contribution >= 4 is 71.2 Å².